The number of nitrogens with one attached hydrogen (secondary N) is 3. The number of aromatic nitrogens is 3. The summed E-state index contributed by atoms with van der Waals surface area (Å²) < 4.78 is 0. The minimum absolute atomic E-state index is 0.355. The highest BCUT2D eigenvalue weighted by molar-refractivity contribution is 6.06. The zero-order valence-corrected chi connectivity index (χ0v) is 9.01. The number of H-pyrrole nitrogens is 1. The van der Waals surface area contributed by atoms with Crippen molar-refractivity contribution in [3.05, 3.63) is 24.2 Å². The molecule has 2 aromatic heterocycles. The first-order chi connectivity index (χ1) is 8.38. The van der Waals surface area contributed by atoms with E-state index in [4.69, 9.17) is 5.21 Å². The first kappa shape index (κ1) is 10.0. The van der Waals surface area contributed by atoms with Crippen LogP contribution < -0.4 is 10.9 Å². The molecule has 0 aromatic carbocycles. The van der Waals surface area contributed by atoms with E-state index in [-0.39, 0.29) is 0 Å². The molecule has 2 heterocycles. The van der Waals surface area contributed by atoms with Gasteiger partial charge in [0, 0.05) is 17.8 Å². The second-order valence-electron chi connectivity index (χ2n) is 3.94. The van der Waals surface area contributed by atoms with Crippen LogP contribution in [0.2, 0.25) is 0 Å². The number of amidine groups is 1. The Hall–Kier alpha value is -2.15. The van der Waals surface area contributed by atoms with E-state index < -0.39 is 0 Å². The van der Waals surface area contributed by atoms with Crippen molar-refractivity contribution in [2.24, 2.45) is 5.10 Å². The third kappa shape index (κ3) is 1.92. The van der Waals surface area contributed by atoms with Crippen molar-refractivity contribution in [1.82, 2.24) is 25.9 Å². The number of aromatic amines is 1. The van der Waals surface area contributed by atoms with Crippen molar-refractivity contribution < 1.29 is 5.21 Å². The summed E-state index contributed by atoms with van der Waals surface area (Å²) >= 11 is 0. The minimum Gasteiger partial charge on any atom is -0.343 e. The van der Waals surface area contributed by atoms with E-state index in [0.29, 0.717) is 17.5 Å². The average molecular weight is 232 g/mol. The summed E-state index contributed by atoms with van der Waals surface area (Å²) in [5.41, 5.74) is 7.13. The van der Waals surface area contributed by atoms with Gasteiger partial charge in [-0.25, -0.2) is 9.97 Å². The van der Waals surface area contributed by atoms with Crippen LogP contribution >= 0.6 is 0 Å². The smallest absolute Gasteiger partial charge is 0.178 e. The van der Waals surface area contributed by atoms with Crippen molar-refractivity contribution >= 4 is 17.0 Å². The lowest BCUT2D eigenvalue weighted by molar-refractivity contribution is 0.234. The van der Waals surface area contributed by atoms with Crippen LogP contribution in [-0.4, -0.2) is 32.0 Å². The summed E-state index contributed by atoms with van der Waals surface area (Å²) in [5, 5.41) is 13.3. The molecule has 2 aromatic rings. The van der Waals surface area contributed by atoms with E-state index in [1.807, 2.05) is 0 Å². The number of imidazole rings is 1. The first-order valence-electron chi connectivity index (χ1n) is 5.40. The van der Waals surface area contributed by atoms with Crippen molar-refractivity contribution in [2.45, 2.75) is 18.9 Å². The lowest BCUT2D eigenvalue weighted by Crippen LogP contribution is -2.25. The van der Waals surface area contributed by atoms with E-state index >= 15 is 0 Å². The molecule has 17 heavy (non-hydrogen) atoms. The highest BCUT2D eigenvalue weighted by Crippen LogP contribution is 2.19. The van der Waals surface area contributed by atoms with Gasteiger partial charge in [-0.15, -0.1) is 0 Å². The molecule has 1 aliphatic carbocycles. The van der Waals surface area contributed by atoms with Gasteiger partial charge in [0.15, 0.2) is 11.5 Å². The van der Waals surface area contributed by atoms with Gasteiger partial charge in [0.05, 0.1) is 11.8 Å². The molecule has 0 radical (unpaired) electrons. The maximum Gasteiger partial charge on any atom is 0.178 e. The number of hydrogen-bond donors (Lipinski definition) is 4. The Balaban J connectivity index is 1.99. The Bertz CT molecular complexity index is 559. The number of hydrogen-bond acceptors (Lipinski definition) is 5. The lowest BCUT2D eigenvalue weighted by atomic mass is 10.2. The van der Waals surface area contributed by atoms with Gasteiger partial charge in [-0.1, -0.05) is 0 Å². The molecule has 4 N–H and O–H groups in total. The monoisotopic (exact) mass is 232 g/mol. The van der Waals surface area contributed by atoms with Gasteiger partial charge in [0.25, 0.3) is 0 Å². The van der Waals surface area contributed by atoms with Crippen LogP contribution in [-0.2, 0) is 0 Å². The fourth-order valence-corrected chi connectivity index (χ4v) is 1.56. The standard InChI is InChI=1S/C10H12N6O/c17-16-9(15-14-6-1-2-6)7-3-4-11-10-8(7)12-5-13-10/h3-6,14,17H,1-2H2,(H,15,16)(H,11,12,13). The van der Waals surface area contributed by atoms with E-state index in [2.05, 4.69) is 31.0 Å². The number of hydrazone groups is 1. The van der Waals surface area contributed by atoms with Crippen molar-refractivity contribution in [1.29, 1.82) is 0 Å². The molecule has 3 rings (SSSR count). The van der Waals surface area contributed by atoms with Crippen LogP contribution in [0.1, 0.15) is 18.4 Å². The van der Waals surface area contributed by atoms with Gasteiger partial charge in [-0.05, 0) is 18.9 Å². The summed E-state index contributed by atoms with van der Waals surface area (Å²) in [6, 6.07) is 2.19. The largest absolute Gasteiger partial charge is 0.343 e. The fraction of sp³-hybridized carbons (Fsp3) is 0.300. The number of rotatable bonds is 3. The molecule has 88 valence electrons. The van der Waals surface area contributed by atoms with Crippen LogP contribution in [0.25, 0.3) is 11.2 Å². The Morgan fingerprint density at radius 1 is 1.47 bits per heavy atom. The molecule has 1 aliphatic rings. The third-order valence-electron chi connectivity index (χ3n) is 2.62. The molecule has 0 amide bonds. The lowest BCUT2D eigenvalue weighted by Gasteiger charge is -2.06. The maximum absolute atomic E-state index is 9.13. The van der Waals surface area contributed by atoms with Gasteiger partial charge in [-0.3, -0.25) is 10.7 Å². The van der Waals surface area contributed by atoms with Crippen LogP contribution in [0.3, 0.4) is 0 Å². The second kappa shape index (κ2) is 4.02. The normalized spacial score (nSPS) is 16.2. The predicted molar refractivity (Wildman–Crippen MR) is 61.5 cm³/mol. The van der Waals surface area contributed by atoms with Gasteiger partial charge < -0.3 is 10.4 Å². The minimum atomic E-state index is 0.355. The highest BCUT2D eigenvalue weighted by Gasteiger charge is 2.20. The molecule has 1 saturated carbocycles. The van der Waals surface area contributed by atoms with E-state index in [1.165, 1.54) is 0 Å². The molecule has 0 atom stereocenters. The quantitative estimate of drug-likeness (QED) is 0.348. The molecular weight excluding hydrogens is 220 g/mol. The molecule has 1 fully saturated rings. The van der Waals surface area contributed by atoms with Gasteiger partial charge in [0.1, 0.15) is 0 Å². The van der Waals surface area contributed by atoms with Crippen molar-refractivity contribution in [3.8, 4) is 0 Å². The Labute approximate surface area is 96.9 Å². The Morgan fingerprint density at radius 2 is 2.35 bits per heavy atom. The summed E-state index contributed by atoms with van der Waals surface area (Å²) in [6.07, 6.45) is 5.43. The Kier molecular flexibility index (Phi) is 2.37. The van der Waals surface area contributed by atoms with Crippen LogP contribution in [0, 0.1) is 0 Å². The predicted octanol–water partition coefficient (Wildman–Crippen LogP) is 0.350. The van der Waals surface area contributed by atoms with Crippen molar-refractivity contribution in [2.75, 3.05) is 0 Å². The Morgan fingerprint density at radius 3 is 3.12 bits per heavy atom. The topological polar surface area (TPSA) is 98.2 Å². The van der Waals surface area contributed by atoms with E-state index in [1.54, 1.807) is 18.6 Å². The maximum atomic E-state index is 9.13. The molecule has 7 heteroatoms. The fourth-order valence-electron chi connectivity index (χ4n) is 1.56. The number of fused-ring (bicyclic) bond motifs is 1. The summed E-state index contributed by atoms with van der Waals surface area (Å²) in [4.78, 5) is 11.1. The van der Waals surface area contributed by atoms with Gasteiger partial charge in [0.2, 0.25) is 0 Å². The summed E-state index contributed by atoms with van der Waals surface area (Å²) in [6.45, 7) is 0. The molecule has 0 unspecified atom stereocenters. The molecule has 0 saturated heterocycles. The number of hydroxylamine groups is 1. The SMILES string of the molecule is ONC(=NNC1CC1)c1ccnc2nc[nH]c12. The average Bonchev–Trinajstić information content (AvgIpc) is 3.05. The zero-order valence-electron chi connectivity index (χ0n) is 9.01. The van der Waals surface area contributed by atoms with Crippen LogP contribution in [0.4, 0.5) is 0 Å². The van der Waals surface area contributed by atoms with E-state index in [0.717, 1.165) is 23.9 Å². The molecular formula is C10H12N6O. The van der Waals surface area contributed by atoms with E-state index in [9.17, 15) is 0 Å². The van der Waals surface area contributed by atoms with Crippen LogP contribution in [0.5, 0.6) is 0 Å². The molecule has 0 bridgehead atoms. The first-order valence-corrected chi connectivity index (χ1v) is 5.40. The summed E-state index contributed by atoms with van der Waals surface area (Å²) in [7, 11) is 0. The van der Waals surface area contributed by atoms with Gasteiger partial charge in [-0.2, -0.15) is 5.10 Å². The molecule has 0 spiro atoms. The van der Waals surface area contributed by atoms with Crippen LogP contribution in [0.15, 0.2) is 23.7 Å². The number of nitrogens with zero attached hydrogens (tertiary/aromatic N) is 3. The highest BCUT2D eigenvalue weighted by atomic mass is 16.5. The third-order valence-corrected chi connectivity index (χ3v) is 2.62. The number of pyridine rings is 1. The molecule has 7 nitrogen and oxygen atoms in total. The molecule has 0 aliphatic heterocycles. The zero-order chi connectivity index (χ0) is 11.7. The second-order valence-corrected chi connectivity index (χ2v) is 3.94. The van der Waals surface area contributed by atoms with Crippen molar-refractivity contribution in [3.63, 3.8) is 0 Å². The summed E-state index contributed by atoms with van der Waals surface area (Å²) in [5.74, 6) is 0.355. The van der Waals surface area contributed by atoms with Gasteiger partial charge >= 0.3 is 0 Å².